The highest BCUT2D eigenvalue weighted by Crippen LogP contribution is 1.99. The third kappa shape index (κ3) is 4.39. The fourth-order valence-corrected chi connectivity index (χ4v) is 0.487. The lowest BCUT2D eigenvalue weighted by atomic mass is 10.4. The van der Waals surface area contributed by atoms with E-state index < -0.39 is 0 Å². The van der Waals surface area contributed by atoms with Crippen molar-refractivity contribution in [3.05, 3.63) is 22.4 Å². The summed E-state index contributed by atoms with van der Waals surface area (Å²) in [7, 11) is 0. The number of hydrogen-bond acceptors (Lipinski definition) is 1. The van der Waals surface area contributed by atoms with Gasteiger partial charge in [-0.25, -0.2) is 0 Å². The van der Waals surface area contributed by atoms with Crippen LogP contribution in [0.5, 0.6) is 0 Å². The van der Waals surface area contributed by atoms with Gasteiger partial charge in [-0.15, -0.1) is 0 Å². The molecule has 0 saturated heterocycles. The summed E-state index contributed by atoms with van der Waals surface area (Å²) < 4.78 is 1.94. The molecule has 2 heteroatoms. The molecule has 0 radical (unpaired) electrons. The van der Waals surface area contributed by atoms with E-state index in [2.05, 4.69) is 34.2 Å². The highest BCUT2D eigenvalue weighted by atomic mass is 127. The Hall–Kier alpha value is -0.120. The van der Waals surface area contributed by atoms with Crippen LogP contribution < -0.4 is 0 Å². The standard InChI is InChI=1S/C7H10IN/c1-4-6(2)9-7(3)5-8/h4-5H,1H2,2-3H3/b7-5-,9-6?. The van der Waals surface area contributed by atoms with Crippen molar-refractivity contribution >= 4 is 28.3 Å². The summed E-state index contributed by atoms with van der Waals surface area (Å²) in [6, 6.07) is 0. The number of nitrogens with zero attached hydrogens (tertiary/aromatic N) is 1. The van der Waals surface area contributed by atoms with Crippen molar-refractivity contribution in [1.29, 1.82) is 0 Å². The van der Waals surface area contributed by atoms with Crippen molar-refractivity contribution in [3.63, 3.8) is 0 Å². The van der Waals surface area contributed by atoms with E-state index in [0.717, 1.165) is 11.4 Å². The molecule has 0 aromatic rings. The summed E-state index contributed by atoms with van der Waals surface area (Å²) in [6.07, 6.45) is 1.74. The van der Waals surface area contributed by atoms with Gasteiger partial charge in [0.15, 0.2) is 0 Å². The van der Waals surface area contributed by atoms with E-state index in [1.165, 1.54) is 0 Å². The van der Waals surface area contributed by atoms with Crippen LogP contribution in [0.15, 0.2) is 27.4 Å². The first-order chi connectivity index (χ1) is 4.20. The summed E-state index contributed by atoms with van der Waals surface area (Å²) >= 11 is 2.16. The van der Waals surface area contributed by atoms with Gasteiger partial charge < -0.3 is 0 Å². The molecule has 0 heterocycles. The SMILES string of the molecule is C=CC(C)=N/C(C)=C\I. The number of aliphatic imine (C=N–C) groups is 1. The number of hydrogen-bond donors (Lipinski definition) is 0. The molecule has 0 amide bonds. The van der Waals surface area contributed by atoms with Crippen LogP contribution in [-0.4, -0.2) is 5.71 Å². The molecular formula is C7H10IN. The number of rotatable bonds is 2. The van der Waals surface area contributed by atoms with Gasteiger partial charge in [-0.1, -0.05) is 29.2 Å². The lowest BCUT2D eigenvalue weighted by Crippen LogP contribution is -1.81. The van der Waals surface area contributed by atoms with E-state index in [1.807, 2.05) is 17.9 Å². The Morgan fingerprint density at radius 3 is 2.44 bits per heavy atom. The Bertz CT molecular complexity index is 156. The molecule has 50 valence electrons. The molecule has 0 aromatic heterocycles. The zero-order chi connectivity index (χ0) is 7.28. The molecule has 0 aliphatic heterocycles. The van der Waals surface area contributed by atoms with Crippen molar-refractivity contribution < 1.29 is 0 Å². The monoisotopic (exact) mass is 235 g/mol. The van der Waals surface area contributed by atoms with Crippen LogP contribution in [0.25, 0.3) is 0 Å². The molecule has 0 N–H and O–H groups in total. The summed E-state index contributed by atoms with van der Waals surface area (Å²) in [5.74, 6) is 0. The van der Waals surface area contributed by atoms with Crippen molar-refractivity contribution in [3.8, 4) is 0 Å². The molecule has 0 rings (SSSR count). The minimum Gasteiger partial charge on any atom is -0.258 e. The first-order valence-corrected chi connectivity index (χ1v) is 3.90. The van der Waals surface area contributed by atoms with Crippen molar-refractivity contribution in [2.45, 2.75) is 13.8 Å². The lowest BCUT2D eigenvalue weighted by molar-refractivity contribution is 1.32. The Balaban J connectivity index is 4.11. The predicted octanol–water partition coefficient (Wildman–Crippen LogP) is 2.93. The molecule has 0 atom stereocenters. The van der Waals surface area contributed by atoms with Crippen molar-refractivity contribution in [2.24, 2.45) is 4.99 Å². The first kappa shape index (κ1) is 8.88. The second kappa shape index (κ2) is 4.73. The van der Waals surface area contributed by atoms with Crippen LogP contribution in [-0.2, 0) is 0 Å². The molecular weight excluding hydrogens is 225 g/mol. The van der Waals surface area contributed by atoms with E-state index in [-0.39, 0.29) is 0 Å². The van der Waals surface area contributed by atoms with Gasteiger partial charge in [0.25, 0.3) is 0 Å². The second-order valence-electron chi connectivity index (χ2n) is 1.71. The fourth-order valence-electron chi connectivity index (χ4n) is 0.348. The molecule has 0 unspecified atom stereocenters. The van der Waals surface area contributed by atoms with Gasteiger partial charge in [-0.05, 0) is 24.0 Å². The van der Waals surface area contributed by atoms with Gasteiger partial charge in [-0.2, -0.15) is 0 Å². The van der Waals surface area contributed by atoms with Gasteiger partial charge in [-0.3, -0.25) is 4.99 Å². The average molecular weight is 235 g/mol. The molecule has 1 nitrogen and oxygen atoms in total. The average Bonchev–Trinajstić information content (AvgIpc) is 1.87. The summed E-state index contributed by atoms with van der Waals surface area (Å²) in [5.41, 5.74) is 1.98. The molecule has 0 fully saturated rings. The van der Waals surface area contributed by atoms with E-state index in [1.54, 1.807) is 6.08 Å². The maximum Gasteiger partial charge on any atom is 0.0436 e. The molecule has 0 spiro atoms. The van der Waals surface area contributed by atoms with E-state index >= 15 is 0 Å². The second-order valence-corrected chi connectivity index (χ2v) is 2.33. The predicted molar refractivity (Wildman–Crippen MR) is 51.1 cm³/mol. The molecule has 0 bridgehead atoms. The van der Waals surface area contributed by atoms with E-state index in [4.69, 9.17) is 0 Å². The Labute approximate surface area is 69.7 Å². The minimum absolute atomic E-state index is 0.959. The minimum atomic E-state index is 0.959. The maximum absolute atomic E-state index is 4.17. The smallest absolute Gasteiger partial charge is 0.0436 e. The third-order valence-electron chi connectivity index (χ3n) is 0.806. The Morgan fingerprint density at radius 2 is 2.11 bits per heavy atom. The zero-order valence-electron chi connectivity index (χ0n) is 5.69. The molecule has 0 aromatic carbocycles. The molecule has 0 saturated carbocycles. The van der Waals surface area contributed by atoms with Crippen molar-refractivity contribution in [2.75, 3.05) is 0 Å². The van der Waals surface area contributed by atoms with Crippen LogP contribution in [0.3, 0.4) is 0 Å². The molecule has 0 aliphatic carbocycles. The van der Waals surface area contributed by atoms with Crippen LogP contribution >= 0.6 is 22.6 Å². The third-order valence-corrected chi connectivity index (χ3v) is 1.71. The van der Waals surface area contributed by atoms with Crippen LogP contribution in [0.2, 0.25) is 0 Å². The summed E-state index contributed by atoms with van der Waals surface area (Å²) in [4.78, 5) is 4.17. The van der Waals surface area contributed by atoms with Crippen LogP contribution in [0.4, 0.5) is 0 Å². The Morgan fingerprint density at radius 1 is 1.56 bits per heavy atom. The highest BCUT2D eigenvalue weighted by molar-refractivity contribution is 14.1. The van der Waals surface area contributed by atoms with Gasteiger partial charge >= 0.3 is 0 Å². The largest absolute Gasteiger partial charge is 0.258 e. The Kier molecular flexibility index (Phi) is 4.67. The zero-order valence-corrected chi connectivity index (χ0v) is 7.84. The molecule has 9 heavy (non-hydrogen) atoms. The van der Waals surface area contributed by atoms with Gasteiger partial charge in [0.2, 0.25) is 0 Å². The summed E-state index contributed by atoms with van der Waals surface area (Å²) in [6.45, 7) is 7.47. The van der Waals surface area contributed by atoms with Crippen LogP contribution in [0, 0.1) is 0 Å². The van der Waals surface area contributed by atoms with Crippen LogP contribution in [0.1, 0.15) is 13.8 Å². The quantitative estimate of drug-likeness (QED) is 0.515. The van der Waals surface area contributed by atoms with Crippen molar-refractivity contribution in [1.82, 2.24) is 0 Å². The lowest BCUT2D eigenvalue weighted by Gasteiger charge is -1.89. The summed E-state index contributed by atoms with van der Waals surface area (Å²) in [5, 5.41) is 0. The van der Waals surface area contributed by atoms with E-state index in [0.29, 0.717) is 0 Å². The molecule has 0 aliphatic rings. The van der Waals surface area contributed by atoms with Gasteiger partial charge in [0.05, 0.1) is 0 Å². The first-order valence-electron chi connectivity index (χ1n) is 2.65. The highest BCUT2D eigenvalue weighted by Gasteiger charge is 1.81. The fraction of sp³-hybridized carbons (Fsp3) is 0.286. The topological polar surface area (TPSA) is 12.4 Å². The van der Waals surface area contributed by atoms with Gasteiger partial charge in [0.1, 0.15) is 0 Å². The van der Waals surface area contributed by atoms with E-state index in [9.17, 15) is 0 Å². The number of allylic oxidation sites excluding steroid dienone is 2. The number of halogens is 1. The normalized spacial score (nSPS) is 13.7. The van der Waals surface area contributed by atoms with Gasteiger partial charge in [0, 0.05) is 11.4 Å². The maximum atomic E-state index is 4.17.